The van der Waals surface area contributed by atoms with Crippen molar-refractivity contribution < 1.29 is 4.92 Å². The van der Waals surface area contributed by atoms with E-state index in [0.29, 0.717) is 0 Å². The number of fused-ring (bicyclic) bond motifs is 2. The molecule has 7 aromatic rings. The van der Waals surface area contributed by atoms with Crippen molar-refractivity contribution in [3.63, 3.8) is 0 Å². The highest BCUT2D eigenvalue weighted by Gasteiger charge is 2.31. The van der Waals surface area contributed by atoms with E-state index >= 15 is 0 Å². The fourth-order valence-electron chi connectivity index (χ4n) is 5.49. The number of nitro benzene ring substituents is 1. The van der Waals surface area contributed by atoms with Gasteiger partial charge in [0, 0.05) is 52.7 Å². The molecule has 0 N–H and O–H groups in total. The Kier molecular flexibility index (Phi) is 5.67. The Morgan fingerprint density at radius 3 is 1.48 bits per heavy atom. The van der Waals surface area contributed by atoms with Gasteiger partial charge in [-0.15, -0.1) is 0 Å². The molecule has 0 saturated heterocycles. The minimum Gasteiger partial charge on any atom is -0.258 e. The van der Waals surface area contributed by atoms with Gasteiger partial charge in [-0.05, 0) is 29.8 Å². The minimum atomic E-state index is -0.367. The highest BCUT2D eigenvalue weighted by molar-refractivity contribution is 5.82. The highest BCUT2D eigenvalue weighted by atomic mass is 16.6. The molecule has 4 aromatic heterocycles. The Bertz CT molecular complexity index is 1860. The number of hydrogen-bond donors (Lipinski definition) is 0. The molecule has 0 amide bonds. The molecule has 40 heavy (non-hydrogen) atoms. The molecule has 0 unspecified atom stereocenters. The lowest BCUT2D eigenvalue weighted by atomic mass is 9.81. The Hall–Kier alpha value is -5.56. The molecule has 0 aliphatic rings. The van der Waals surface area contributed by atoms with Gasteiger partial charge in [0.1, 0.15) is 0 Å². The van der Waals surface area contributed by atoms with Gasteiger partial charge in [-0.2, -0.15) is 10.2 Å². The van der Waals surface area contributed by atoms with Gasteiger partial charge in [0.15, 0.2) is 0 Å². The van der Waals surface area contributed by atoms with Gasteiger partial charge in [0.05, 0.1) is 27.3 Å². The van der Waals surface area contributed by atoms with Crippen LogP contribution < -0.4 is 0 Å². The third kappa shape index (κ3) is 3.92. The van der Waals surface area contributed by atoms with Crippen LogP contribution in [-0.4, -0.2) is 24.2 Å². The lowest BCUT2D eigenvalue weighted by Gasteiger charge is -2.20. The van der Waals surface area contributed by atoms with Gasteiger partial charge < -0.3 is 0 Å². The standard InChI is InChI=1S/C33H23N5O2/c39-38(40)26-19-17-23(18-20-26)29(30-27-15-7-9-21-36(27)34-32(30)24-11-3-1-4-12-24)31-28-16-8-10-22-37(28)35-33(31)25-13-5-2-6-14-25/h1-22,29H. The minimum absolute atomic E-state index is 0.0498. The largest absolute Gasteiger partial charge is 0.269 e. The van der Waals surface area contributed by atoms with E-state index in [1.165, 1.54) is 0 Å². The van der Waals surface area contributed by atoms with Crippen molar-refractivity contribution in [2.24, 2.45) is 0 Å². The quantitative estimate of drug-likeness (QED) is 0.169. The summed E-state index contributed by atoms with van der Waals surface area (Å²) in [6, 6.07) is 39.2. The Labute approximate surface area is 229 Å². The molecule has 7 heteroatoms. The molecule has 0 spiro atoms. The van der Waals surface area contributed by atoms with Gasteiger partial charge >= 0.3 is 0 Å². The van der Waals surface area contributed by atoms with Crippen molar-refractivity contribution in [3.05, 3.63) is 161 Å². The molecule has 0 bridgehead atoms. The van der Waals surface area contributed by atoms with Crippen molar-refractivity contribution in [1.29, 1.82) is 0 Å². The zero-order chi connectivity index (χ0) is 27.1. The van der Waals surface area contributed by atoms with E-state index in [2.05, 4.69) is 36.4 Å². The summed E-state index contributed by atoms with van der Waals surface area (Å²) in [6.45, 7) is 0. The lowest BCUT2D eigenvalue weighted by Crippen LogP contribution is -2.06. The Morgan fingerprint density at radius 1 is 0.575 bits per heavy atom. The number of hydrogen-bond acceptors (Lipinski definition) is 4. The number of rotatable bonds is 6. The third-order valence-corrected chi connectivity index (χ3v) is 7.27. The second-order valence-electron chi connectivity index (χ2n) is 9.60. The van der Waals surface area contributed by atoms with E-state index in [0.717, 1.165) is 50.2 Å². The first-order valence-electron chi connectivity index (χ1n) is 13.0. The normalized spacial score (nSPS) is 11.4. The van der Waals surface area contributed by atoms with E-state index in [1.54, 1.807) is 12.1 Å². The van der Waals surface area contributed by atoms with Crippen molar-refractivity contribution >= 4 is 16.7 Å². The first-order valence-corrected chi connectivity index (χ1v) is 13.0. The summed E-state index contributed by atoms with van der Waals surface area (Å²) < 4.78 is 3.81. The summed E-state index contributed by atoms with van der Waals surface area (Å²) >= 11 is 0. The van der Waals surface area contributed by atoms with Crippen LogP contribution in [0.5, 0.6) is 0 Å². The van der Waals surface area contributed by atoms with Gasteiger partial charge in [0.2, 0.25) is 0 Å². The van der Waals surface area contributed by atoms with Crippen LogP contribution in [0.25, 0.3) is 33.5 Å². The number of non-ortho nitro benzene ring substituents is 1. The first kappa shape index (κ1) is 23.5. The maximum Gasteiger partial charge on any atom is 0.269 e. The van der Waals surface area contributed by atoms with Crippen LogP contribution >= 0.6 is 0 Å². The molecule has 0 fully saturated rings. The number of nitrogens with zero attached hydrogens (tertiary/aromatic N) is 5. The fourth-order valence-corrected chi connectivity index (χ4v) is 5.49. The Balaban J connectivity index is 1.61. The molecule has 7 nitrogen and oxygen atoms in total. The summed E-state index contributed by atoms with van der Waals surface area (Å²) in [5, 5.41) is 21.6. The van der Waals surface area contributed by atoms with Crippen LogP contribution in [0.3, 0.4) is 0 Å². The zero-order valence-corrected chi connectivity index (χ0v) is 21.3. The molecule has 0 aliphatic heterocycles. The van der Waals surface area contributed by atoms with Gasteiger partial charge in [0.25, 0.3) is 5.69 Å². The highest BCUT2D eigenvalue weighted by Crippen LogP contribution is 2.45. The van der Waals surface area contributed by atoms with E-state index in [9.17, 15) is 10.1 Å². The zero-order valence-electron chi connectivity index (χ0n) is 21.3. The number of nitro groups is 1. The average molecular weight is 522 g/mol. The second-order valence-corrected chi connectivity index (χ2v) is 9.60. The second kappa shape index (κ2) is 9.63. The number of pyridine rings is 2. The summed E-state index contributed by atoms with van der Waals surface area (Å²) in [7, 11) is 0. The van der Waals surface area contributed by atoms with E-state index in [4.69, 9.17) is 10.2 Å². The van der Waals surface area contributed by atoms with Gasteiger partial charge in [-0.25, -0.2) is 9.03 Å². The fraction of sp³-hybridized carbons (Fsp3) is 0.0303. The van der Waals surface area contributed by atoms with E-state index in [1.807, 2.05) is 94.2 Å². The van der Waals surface area contributed by atoms with Crippen molar-refractivity contribution in [3.8, 4) is 22.5 Å². The molecule has 0 atom stereocenters. The predicted octanol–water partition coefficient (Wildman–Crippen LogP) is 7.40. The van der Waals surface area contributed by atoms with Crippen LogP contribution in [0, 0.1) is 10.1 Å². The smallest absolute Gasteiger partial charge is 0.258 e. The molecule has 3 aromatic carbocycles. The first-order chi connectivity index (χ1) is 19.7. The van der Waals surface area contributed by atoms with Crippen LogP contribution in [0.4, 0.5) is 5.69 Å². The van der Waals surface area contributed by atoms with Crippen LogP contribution in [0.2, 0.25) is 0 Å². The van der Waals surface area contributed by atoms with E-state index in [-0.39, 0.29) is 16.5 Å². The van der Waals surface area contributed by atoms with Gasteiger partial charge in [-0.1, -0.05) is 84.9 Å². The van der Waals surface area contributed by atoms with Crippen molar-refractivity contribution in [2.45, 2.75) is 5.92 Å². The molecule has 0 radical (unpaired) electrons. The summed E-state index contributed by atoms with van der Waals surface area (Å²) in [4.78, 5) is 11.2. The Morgan fingerprint density at radius 2 is 1.02 bits per heavy atom. The van der Waals surface area contributed by atoms with Crippen LogP contribution in [0.1, 0.15) is 22.6 Å². The molecule has 4 heterocycles. The molecular formula is C33H23N5O2. The number of benzene rings is 3. The SMILES string of the molecule is O=[N+]([O-])c1ccc(C(c2c(-c3ccccc3)nn3ccccc23)c2c(-c3ccccc3)nn3ccccc23)cc1. The molecule has 7 rings (SSSR count). The molecule has 0 saturated carbocycles. The summed E-state index contributed by atoms with van der Waals surface area (Å²) in [5.41, 5.74) is 8.59. The number of aromatic nitrogens is 4. The maximum absolute atomic E-state index is 11.5. The molecule has 0 aliphatic carbocycles. The molecule has 192 valence electrons. The lowest BCUT2D eigenvalue weighted by molar-refractivity contribution is -0.384. The summed E-state index contributed by atoms with van der Waals surface area (Å²) in [6.07, 6.45) is 3.90. The molecular weight excluding hydrogens is 498 g/mol. The summed E-state index contributed by atoms with van der Waals surface area (Å²) in [5.74, 6) is -0.328. The maximum atomic E-state index is 11.5. The monoisotopic (exact) mass is 521 g/mol. The topological polar surface area (TPSA) is 77.7 Å². The van der Waals surface area contributed by atoms with Crippen LogP contribution in [0.15, 0.2) is 134 Å². The van der Waals surface area contributed by atoms with Gasteiger partial charge in [-0.3, -0.25) is 10.1 Å². The average Bonchev–Trinajstić information content (AvgIpc) is 3.58. The van der Waals surface area contributed by atoms with Crippen molar-refractivity contribution in [1.82, 2.24) is 19.2 Å². The van der Waals surface area contributed by atoms with E-state index < -0.39 is 0 Å². The third-order valence-electron chi connectivity index (χ3n) is 7.27. The van der Waals surface area contributed by atoms with Crippen LogP contribution in [-0.2, 0) is 0 Å². The van der Waals surface area contributed by atoms with Crippen molar-refractivity contribution in [2.75, 3.05) is 0 Å². The predicted molar refractivity (Wildman–Crippen MR) is 155 cm³/mol.